The van der Waals surface area contributed by atoms with Crippen LogP contribution in [0.15, 0.2) is 18.3 Å². The average Bonchev–Trinajstić information content (AvgIpc) is 2.91. The number of methoxy groups -OCH3 is 1. The third-order valence-corrected chi connectivity index (χ3v) is 3.84. The van der Waals surface area contributed by atoms with Crippen molar-refractivity contribution >= 4 is 11.6 Å². The molecule has 0 unspecified atom stereocenters. The molecule has 0 bridgehead atoms. The molecule has 106 valence electrons. The maximum Gasteiger partial charge on any atom is 0.341 e. The highest BCUT2D eigenvalue weighted by molar-refractivity contribution is 5.95. The number of esters is 1. The van der Waals surface area contributed by atoms with E-state index >= 15 is 0 Å². The van der Waals surface area contributed by atoms with E-state index < -0.39 is 0 Å². The highest BCUT2D eigenvalue weighted by Crippen LogP contribution is 2.19. The van der Waals surface area contributed by atoms with Crippen LogP contribution in [0.2, 0.25) is 0 Å². The van der Waals surface area contributed by atoms with Crippen molar-refractivity contribution in [3.63, 3.8) is 0 Å². The van der Waals surface area contributed by atoms with E-state index in [1.165, 1.54) is 7.11 Å². The summed E-state index contributed by atoms with van der Waals surface area (Å²) in [6.07, 6.45) is 5.11. The molecule has 1 N–H and O–H groups in total. The molecule has 6 nitrogen and oxygen atoms in total. The van der Waals surface area contributed by atoms with Crippen LogP contribution in [0.5, 0.6) is 0 Å². The first kappa shape index (κ1) is 13.1. The van der Waals surface area contributed by atoms with E-state index in [2.05, 4.69) is 15.5 Å². The molecule has 2 aromatic heterocycles. The predicted octanol–water partition coefficient (Wildman–Crippen LogP) is 1.06. The lowest BCUT2D eigenvalue weighted by atomic mass is 9.94. The second-order valence-corrected chi connectivity index (χ2v) is 5.12. The predicted molar refractivity (Wildman–Crippen MR) is 73.6 cm³/mol. The van der Waals surface area contributed by atoms with Gasteiger partial charge in [-0.15, -0.1) is 10.2 Å². The quantitative estimate of drug-likeness (QED) is 0.848. The van der Waals surface area contributed by atoms with Gasteiger partial charge in [-0.3, -0.25) is 4.40 Å². The Morgan fingerprint density at radius 3 is 3.00 bits per heavy atom. The van der Waals surface area contributed by atoms with Crippen LogP contribution in [-0.2, 0) is 11.2 Å². The third-order valence-electron chi connectivity index (χ3n) is 3.84. The molecule has 0 atom stereocenters. The Labute approximate surface area is 117 Å². The highest BCUT2D eigenvalue weighted by Gasteiger charge is 2.19. The molecule has 1 saturated heterocycles. The van der Waals surface area contributed by atoms with E-state index in [0.29, 0.717) is 17.1 Å². The van der Waals surface area contributed by atoms with E-state index in [0.717, 1.165) is 38.2 Å². The molecule has 3 rings (SSSR count). The fourth-order valence-corrected chi connectivity index (χ4v) is 2.72. The second-order valence-electron chi connectivity index (χ2n) is 5.12. The molecule has 0 spiro atoms. The van der Waals surface area contributed by atoms with Crippen molar-refractivity contribution in [1.82, 2.24) is 19.9 Å². The maximum atomic E-state index is 11.7. The van der Waals surface area contributed by atoms with Crippen LogP contribution < -0.4 is 5.32 Å². The molecule has 0 radical (unpaired) electrons. The fraction of sp³-hybridized carbons (Fsp3) is 0.500. The lowest BCUT2D eigenvalue weighted by Gasteiger charge is -2.21. The summed E-state index contributed by atoms with van der Waals surface area (Å²) >= 11 is 0. The Kier molecular flexibility index (Phi) is 3.64. The van der Waals surface area contributed by atoms with Crippen LogP contribution in [0.4, 0.5) is 0 Å². The van der Waals surface area contributed by atoms with Gasteiger partial charge in [0.2, 0.25) is 0 Å². The number of fused-ring (bicyclic) bond motifs is 1. The maximum absolute atomic E-state index is 11.7. The number of nitrogens with zero attached hydrogens (tertiary/aromatic N) is 3. The van der Waals surface area contributed by atoms with Crippen molar-refractivity contribution in [1.29, 1.82) is 0 Å². The molecule has 6 heteroatoms. The van der Waals surface area contributed by atoms with Crippen molar-refractivity contribution in [2.24, 2.45) is 5.92 Å². The Morgan fingerprint density at radius 1 is 1.45 bits per heavy atom. The summed E-state index contributed by atoms with van der Waals surface area (Å²) in [6, 6.07) is 3.54. The number of hydrogen-bond donors (Lipinski definition) is 1. The number of carbonyl (C=O) groups is 1. The van der Waals surface area contributed by atoms with Gasteiger partial charge in [-0.1, -0.05) is 0 Å². The third kappa shape index (κ3) is 2.38. The van der Waals surface area contributed by atoms with Crippen LogP contribution in [0.1, 0.15) is 29.0 Å². The number of carbonyl (C=O) groups excluding carboxylic acids is 1. The first-order valence-electron chi connectivity index (χ1n) is 6.91. The van der Waals surface area contributed by atoms with Crippen molar-refractivity contribution in [3.05, 3.63) is 29.7 Å². The summed E-state index contributed by atoms with van der Waals surface area (Å²) in [5, 5.41) is 11.8. The Hall–Kier alpha value is -1.95. The van der Waals surface area contributed by atoms with Gasteiger partial charge in [0.1, 0.15) is 11.4 Å². The monoisotopic (exact) mass is 274 g/mol. The normalized spacial score (nSPS) is 16.4. The van der Waals surface area contributed by atoms with E-state index in [1.54, 1.807) is 6.07 Å². The largest absolute Gasteiger partial charge is 0.465 e. The van der Waals surface area contributed by atoms with Gasteiger partial charge in [0.05, 0.1) is 7.11 Å². The smallest absolute Gasteiger partial charge is 0.341 e. The SMILES string of the molecule is COC(=O)c1cccn2c(CC3CCNCC3)nnc12. The fourth-order valence-electron chi connectivity index (χ4n) is 2.72. The number of hydrogen-bond acceptors (Lipinski definition) is 5. The standard InChI is InChI=1S/C14H18N4O2/c1-20-14(19)11-3-2-8-18-12(16-17-13(11)18)9-10-4-6-15-7-5-10/h2-3,8,10,15H,4-7,9H2,1H3. The van der Waals surface area contributed by atoms with Gasteiger partial charge in [0.25, 0.3) is 0 Å². The van der Waals surface area contributed by atoms with Crippen LogP contribution >= 0.6 is 0 Å². The lowest BCUT2D eigenvalue weighted by molar-refractivity contribution is 0.0602. The minimum atomic E-state index is -0.378. The van der Waals surface area contributed by atoms with Crippen LogP contribution in [0.3, 0.4) is 0 Å². The topological polar surface area (TPSA) is 68.5 Å². The summed E-state index contributed by atoms with van der Waals surface area (Å²) in [4.78, 5) is 11.7. The molecule has 0 amide bonds. The van der Waals surface area contributed by atoms with Gasteiger partial charge in [0, 0.05) is 12.6 Å². The van der Waals surface area contributed by atoms with Crippen LogP contribution in [-0.4, -0.2) is 40.8 Å². The van der Waals surface area contributed by atoms with Gasteiger partial charge in [-0.05, 0) is 44.0 Å². The van der Waals surface area contributed by atoms with E-state index in [1.807, 2.05) is 16.7 Å². The zero-order valence-electron chi connectivity index (χ0n) is 11.5. The molecular formula is C14H18N4O2. The first-order valence-corrected chi connectivity index (χ1v) is 6.91. The van der Waals surface area contributed by atoms with Crippen molar-refractivity contribution in [3.8, 4) is 0 Å². The van der Waals surface area contributed by atoms with Gasteiger partial charge in [0.15, 0.2) is 5.65 Å². The molecule has 2 aromatic rings. The molecule has 1 aliphatic rings. The highest BCUT2D eigenvalue weighted by atomic mass is 16.5. The Bertz CT molecular complexity index is 617. The number of piperidine rings is 1. The Morgan fingerprint density at radius 2 is 2.25 bits per heavy atom. The summed E-state index contributed by atoms with van der Waals surface area (Å²) < 4.78 is 6.67. The summed E-state index contributed by atoms with van der Waals surface area (Å²) in [7, 11) is 1.37. The van der Waals surface area contributed by atoms with E-state index in [9.17, 15) is 4.79 Å². The van der Waals surface area contributed by atoms with E-state index in [-0.39, 0.29) is 5.97 Å². The van der Waals surface area contributed by atoms with Crippen LogP contribution in [0, 0.1) is 5.92 Å². The summed E-state index contributed by atoms with van der Waals surface area (Å²) in [6.45, 7) is 2.13. The second kappa shape index (κ2) is 5.58. The summed E-state index contributed by atoms with van der Waals surface area (Å²) in [5.41, 5.74) is 1.03. The molecule has 1 aliphatic heterocycles. The molecule has 20 heavy (non-hydrogen) atoms. The molecule has 1 fully saturated rings. The van der Waals surface area contributed by atoms with Crippen LogP contribution in [0.25, 0.3) is 5.65 Å². The molecule has 0 aromatic carbocycles. The molecule has 0 aliphatic carbocycles. The number of nitrogens with one attached hydrogen (secondary N) is 1. The number of aromatic nitrogens is 3. The zero-order valence-corrected chi connectivity index (χ0v) is 11.5. The lowest BCUT2D eigenvalue weighted by Crippen LogP contribution is -2.29. The molecule has 0 saturated carbocycles. The zero-order chi connectivity index (χ0) is 13.9. The van der Waals surface area contributed by atoms with Crippen molar-refractivity contribution in [2.75, 3.05) is 20.2 Å². The first-order chi connectivity index (χ1) is 9.79. The van der Waals surface area contributed by atoms with E-state index in [4.69, 9.17) is 4.74 Å². The number of ether oxygens (including phenoxy) is 1. The Balaban J connectivity index is 1.91. The van der Waals surface area contributed by atoms with Gasteiger partial charge in [-0.25, -0.2) is 4.79 Å². The average molecular weight is 274 g/mol. The van der Waals surface area contributed by atoms with Gasteiger partial charge in [-0.2, -0.15) is 0 Å². The minimum absolute atomic E-state index is 0.378. The van der Waals surface area contributed by atoms with Gasteiger partial charge >= 0.3 is 5.97 Å². The van der Waals surface area contributed by atoms with Gasteiger partial charge < -0.3 is 10.1 Å². The van der Waals surface area contributed by atoms with Crippen molar-refractivity contribution < 1.29 is 9.53 Å². The number of rotatable bonds is 3. The molecule has 3 heterocycles. The number of pyridine rings is 1. The summed E-state index contributed by atoms with van der Waals surface area (Å²) in [5.74, 6) is 1.17. The minimum Gasteiger partial charge on any atom is -0.465 e. The van der Waals surface area contributed by atoms with Crippen molar-refractivity contribution in [2.45, 2.75) is 19.3 Å². The molecular weight excluding hydrogens is 256 g/mol.